The number of carbonyl (C=O) groups excluding carboxylic acids is 2. The highest BCUT2D eigenvalue weighted by Gasteiger charge is 2.29. The molecule has 1 unspecified atom stereocenters. The van der Waals surface area contributed by atoms with Crippen molar-refractivity contribution in [3.63, 3.8) is 0 Å². The van der Waals surface area contributed by atoms with Crippen LogP contribution in [-0.4, -0.2) is 29.1 Å². The topological polar surface area (TPSA) is 61.2 Å². The predicted molar refractivity (Wildman–Crippen MR) is 124 cm³/mol. The zero-order valence-electron chi connectivity index (χ0n) is 18.0. The molecule has 0 saturated heterocycles. The van der Waals surface area contributed by atoms with Gasteiger partial charge in [0.05, 0.1) is 24.1 Å². The largest absolute Gasteiger partial charge is 0.465 e. The van der Waals surface area contributed by atoms with Crippen molar-refractivity contribution >= 4 is 23.0 Å². The number of carbonyl (C=O) groups is 2. The molecule has 0 spiro atoms. The minimum absolute atomic E-state index is 0.256. The SMILES string of the molecule is COC(=O)c1ccc(-n2nc(C=O)c3c2C(Cc2cccc4ccccc24)CCC3)cc1. The number of fused-ring (bicyclic) bond motifs is 2. The van der Waals surface area contributed by atoms with Crippen molar-refractivity contribution in [1.82, 2.24) is 9.78 Å². The van der Waals surface area contributed by atoms with E-state index in [1.165, 1.54) is 23.4 Å². The third kappa shape index (κ3) is 3.50. The second-order valence-electron chi connectivity index (χ2n) is 8.25. The summed E-state index contributed by atoms with van der Waals surface area (Å²) < 4.78 is 6.70. The Balaban J connectivity index is 1.58. The van der Waals surface area contributed by atoms with Gasteiger partial charge in [-0.25, -0.2) is 9.48 Å². The Kier molecular flexibility index (Phi) is 5.31. The van der Waals surface area contributed by atoms with E-state index in [0.717, 1.165) is 48.9 Å². The van der Waals surface area contributed by atoms with Gasteiger partial charge in [-0.2, -0.15) is 5.10 Å². The van der Waals surface area contributed by atoms with Crippen molar-refractivity contribution in [2.45, 2.75) is 31.6 Å². The van der Waals surface area contributed by atoms with Gasteiger partial charge in [-0.15, -0.1) is 0 Å². The summed E-state index contributed by atoms with van der Waals surface area (Å²) in [4.78, 5) is 23.6. The molecule has 1 atom stereocenters. The van der Waals surface area contributed by atoms with Crippen LogP contribution < -0.4 is 0 Å². The van der Waals surface area contributed by atoms with E-state index >= 15 is 0 Å². The molecule has 0 aliphatic heterocycles. The molecule has 1 aliphatic carbocycles. The highest BCUT2D eigenvalue weighted by atomic mass is 16.5. The lowest BCUT2D eigenvalue weighted by molar-refractivity contribution is 0.0600. The molecular formula is C27H24N2O3. The lowest BCUT2D eigenvalue weighted by Crippen LogP contribution is -2.16. The first-order chi connectivity index (χ1) is 15.7. The van der Waals surface area contributed by atoms with Gasteiger partial charge in [0.15, 0.2) is 6.29 Å². The van der Waals surface area contributed by atoms with Crippen LogP contribution >= 0.6 is 0 Å². The molecular weight excluding hydrogens is 400 g/mol. The highest BCUT2D eigenvalue weighted by Crippen LogP contribution is 2.38. The molecule has 5 nitrogen and oxygen atoms in total. The number of hydrogen-bond acceptors (Lipinski definition) is 4. The van der Waals surface area contributed by atoms with Crippen molar-refractivity contribution in [3.8, 4) is 5.69 Å². The number of rotatable bonds is 5. The zero-order valence-corrected chi connectivity index (χ0v) is 18.0. The first-order valence-corrected chi connectivity index (χ1v) is 10.9. The molecule has 0 saturated carbocycles. The average Bonchev–Trinajstić information content (AvgIpc) is 3.24. The quantitative estimate of drug-likeness (QED) is 0.323. The van der Waals surface area contributed by atoms with E-state index < -0.39 is 0 Å². The normalized spacial score (nSPS) is 15.3. The third-order valence-corrected chi connectivity index (χ3v) is 6.41. The summed E-state index contributed by atoms with van der Waals surface area (Å²) in [5.41, 5.74) is 5.31. The molecule has 32 heavy (non-hydrogen) atoms. The molecule has 0 N–H and O–H groups in total. The number of methoxy groups -OCH3 is 1. The van der Waals surface area contributed by atoms with E-state index in [4.69, 9.17) is 4.74 Å². The van der Waals surface area contributed by atoms with E-state index in [9.17, 15) is 9.59 Å². The number of benzene rings is 3. The predicted octanol–water partition coefficient (Wildman–Crippen LogP) is 5.29. The summed E-state index contributed by atoms with van der Waals surface area (Å²) in [6.07, 6.45) is 4.68. The Morgan fingerprint density at radius 1 is 1.09 bits per heavy atom. The molecule has 1 aliphatic rings. The standard InChI is InChI=1S/C27H24N2O3/c1-32-27(31)19-12-14-22(15-13-19)29-26-21(9-5-11-24(26)25(17-30)28-29)16-20-8-4-7-18-6-2-3-10-23(18)20/h2-4,6-8,10,12-15,17,21H,5,9,11,16H2,1H3. The summed E-state index contributed by atoms with van der Waals surface area (Å²) in [6, 6.07) is 22.1. The summed E-state index contributed by atoms with van der Waals surface area (Å²) in [7, 11) is 1.37. The Morgan fingerprint density at radius 3 is 2.66 bits per heavy atom. The molecule has 0 radical (unpaired) electrons. The summed E-state index contributed by atoms with van der Waals surface area (Å²) in [5, 5.41) is 7.17. The molecule has 1 heterocycles. The molecule has 5 heteroatoms. The van der Waals surface area contributed by atoms with Crippen LogP contribution in [0.25, 0.3) is 16.5 Å². The van der Waals surface area contributed by atoms with E-state index in [1.54, 1.807) is 12.1 Å². The molecule has 4 aromatic rings. The second-order valence-corrected chi connectivity index (χ2v) is 8.25. The van der Waals surface area contributed by atoms with Gasteiger partial charge in [0.2, 0.25) is 0 Å². The smallest absolute Gasteiger partial charge is 0.337 e. The van der Waals surface area contributed by atoms with Crippen LogP contribution in [0.5, 0.6) is 0 Å². The van der Waals surface area contributed by atoms with Gasteiger partial charge in [-0.3, -0.25) is 4.79 Å². The van der Waals surface area contributed by atoms with E-state index in [-0.39, 0.29) is 11.9 Å². The Bertz CT molecular complexity index is 1300. The van der Waals surface area contributed by atoms with Gasteiger partial charge in [0, 0.05) is 11.5 Å². The lowest BCUT2D eigenvalue weighted by Gasteiger charge is -2.25. The highest BCUT2D eigenvalue weighted by molar-refractivity contribution is 5.89. The fourth-order valence-corrected chi connectivity index (χ4v) is 4.90. The number of esters is 1. The maximum absolute atomic E-state index is 11.8. The van der Waals surface area contributed by atoms with Crippen molar-refractivity contribution in [3.05, 3.63) is 94.8 Å². The lowest BCUT2D eigenvalue weighted by atomic mass is 9.82. The summed E-state index contributed by atoms with van der Waals surface area (Å²) in [5.74, 6) is -0.118. The van der Waals surface area contributed by atoms with Crippen molar-refractivity contribution in [1.29, 1.82) is 0 Å². The fraction of sp³-hybridized carbons (Fsp3) is 0.222. The number of ether oxygens (including phenoxy) is 1. The zero-order chi connectivity index (χ0) is 22.1. The van der Waals surface area contributed by atoms with Crippen LogP contribution in [0.2, 0.25) is 0 Å². The van der Waals surface area contributed by atoms with E-state index in [1.807, 2.05) is 16.8 Å². The van der Waals surface area contributed by atoms with Crippen LogP contribution in [0.1, 0.15) is 56.4 Å². The van der Waals surface area contributed by atoms with E-state index in [0.29, 0.717) is 11.3 Å². The van der Waals surface area contributed by atoms with Crippen LogP contribution in [0.3, 0.4) is 0 Å². The molecule has 1 aromatic heterocycles. The Hall–Kier alpha value is -3.73. The molecule has 0 bridgehead atoms. The van der Waals surface area contributed by atoms with Crippen LogP contribution in [0, 0.1) is 0 Å². The van der Waals surface area contributed by atoms with Gasteiger partial charge in [0.25, 0.3) is 0 Å². The molecule has 160 valence electrons. The van der Waals surface area contributed by atoms with Gasteiger partial charge in [0.1, 0.15) is 5.69 Å². The fourth-order valence-electron chi connectivity index (χ4n) is 4.90. The van der Waals surface area contributed by atoms with Crippen LogP contribution in [0.15, 0.2) is 66.7 Å². The average molecular weight is 425 g/mol. The van der Waals surface area contributed by atoms with Crippen molar-refractivity contribution in [2.24, 2.45) is 0 Å². The van der Waals surface area contributed by atoms with Gasteiger partial charge in [-0.1, -0.05) is 42.5 Å². The maximum atomic E-state index is 11.8. The van der Waals surface area contributed by atoms with Crippen LogP contribution in [-0.2, 0) is 17.6 Å². The monoisotopic (exact) mass is 424 g/mol. The van der Waals surface area contributed by atoms with Crippen LogP contribution in [0.4, 0.5) is 0 Å². The first-order valence-electron chi connectivity index (χ1n) is 10.9. The summed E-state index contributed by atoms with van der Waals surface area (Å²) in [6.45, 7) is 0. The van der Waals surface area contributed by atoms with Crippen molar-refractivity contribution in [2.75, 3.05) is 7.11 Å². The molecule has 0 fully saturated rings. The first kappa shape index (κ1) is 20.2. The molecule has 0 amide bonds. The summed E-state index contributed by atoms with van der Waals surface area (Å²) >= 11 is 0. The third-order valence-electron chi connectivity index (χ3n) is 6.41. The van der Waals surface area contributed by atoms with Gasteiger partial charge in [-0.05, 0) is 66.3 Å². The number of hydrogen-bond donors (Lipinski definition) is 0. The minimum Gasteiger partial charge on any atom is -0.465 e. The molecule has 3 aromatic carbocycles. The van der Waals surface area contributed by atoms with Gasteiger partial charge >= 0.3 is 5.97 Å². The number of aldehydes is 1. The van der Waals surface area contributed by atoms with Crippen molar-refractivity contribution < 1.29 is 14.3 Å². The maximum Gasteiger partial charge on any atom is 0.337 e. The Labute approximate surface area is 186 Å². The van der Waals surface area contributed by atoms with Gasteiger partial charge < -0.3 is 4.74 Å². The second kappa shape index (κ2) is 8.42. The minimum atomic E-state index is -0.374. The van der Waals surface area contributed by atoms with E-state index in [2.05, 4.69) is 47.6 Å². The number of nitrogens with zero attached hydrogens (tertiary/aromatic N) is 2. The molecule has 5 rings (SSSR count). The Morgan fingerprint density at radius 2 is 1.88 bits per heavy atom. The number of aromatic nitrogens is 2.